The molecule has 3 atom stereocenters. The number of nitrogens with one attached hydrogen (secondary N) is 1. The van der Waals surface area contributed by atoms with Gasteiger partial charge < -0.3 is 24.8 Å². The molecule has 1 aromatic rings. The molecule has 0 radical (unpaired) electrons. The van der Waals surface area contributed by atoms with E-state index in [4.69, 9.17) is 4.74 Å². The summed E-state index contributed by atoms with van der Waals surface area (Å²) in [5.74, 6) is -0.764. The first-order valence-corrected chi connectivity index (χ1v) is 16.9. The maximum absolute atomic E-state index is 13.4. The van der Waals surface area contributed by atoms with Gasteiger partial charge in [0.05, 0.1) is 12.6 Å². The van der Waals surface area contributed by atoms with Crippen LogP contribution >= 0.6 is 0 Å². The number of aryl methyl sites for hydroxylation is 1. The zero-order chi connectivity index (χ0) is 33.4. The van der Waals surface area contributed by atoms with Crippen LogP contribution in [-0.4, -0.2) is 91.3 Å². The molecule has 0 aromatic heterocycles. The Balaban J connectivity index is 0.000000603. The first-order valence-electron chi connectivity index (χ1n) is 16.9. The van der Waals surface area contributed by atoms with Gasteiger partial charge in [-0.2, -0.15) is 0 Å². The van der Waals surface area contributed by atoms with Crippen LogP contribution in [0.2, 0.25) is 0 Å². The van der Waals surface area contributed by atoms with Crippen LogP contribution in [0.1, 0.15) is 103 Å². The predicted octanol–water partition coefficient (Wildman–Crippen LogP) is 5.29. The predicted molar refractivity (Wildman–Crippen MR) is 179 cm³/mol. The molecule has 2 fully saturated rings. The van der Waals surface area contributed by atoms with Gasteiger partial charge in [-0.3, -0.25) is 14.4 Å². The molecule has 3 aliphatic rings. The van der Waals surface area contributed by atoms with E-state index in [2.05, 4.69) is 37.2 Å². The Hall–Kier alpha value is -3.20. The number of amides is 3. The second kappa shape index (κ2) is 20.0. The highest BCUT2D eigenvalue weighted by Crippen LogP contribution is 2.34. The summed E-state index contributed by atoms with van der Waals surface area (Å²) in [6, 6.07) is 7.14. The number of hydrogen-bond acceptors (Lipinski definition) is 6. The number of rotatable bonds is 9. The van der Waals surface area contributed by atoms with Crippen LogP contribution in [0.3, 0.4) is 0 Å². The lowest BCUT2D eigenvalue weighted by molar-refractivity contribution is -0.158. The molecular formula is C36H58N4O5. The molecular weight excluding hydrogens is 568 g/mol. The number of hydrogen-bond donors (Lipinski definition) is 1. The van der Waals surface area contributed by atoms with Crippen LogP contribution < -0.4 is 5.32 Å². The lowest BCUT2D eigenvalue weighted by atomic mass is 9.89. The number of carbonyl (C=O) groups excluding carboxylic acids is 4. The SMILES string of the molecule is C/C(=C\[C@H](C(C)C)N(C)C(=O)CNC=O)C(=O)N1CCC[C@H]1C(=O)OC1CCCc2ccccc21.CCC.CN1CCCCC1. The number of ether oxygens (including phenoxy) is 1. The lowest BCUT2D eigenvalue weighted by Crippen LogP contribution is -2.45. The summed E-state index contributed by atoms with van der Waals surface area (Å²) >= 11 is 0. The molecule has 2 aliphatic heterocycles. The normalized spacial score (nSPS) is 20.4. The Morgan fingerprint density at radius 2 is 1.69 bits per heavy atom. The fourth-order valence-electron chi connectivity index (χ4n) is 6.08. The van der Waals surface area contributed by atoms with Gasteiger partial charge >= 0.3 is 5.97 Å². The number of benzene rings is 1. The van der Waals surface area contributed by atoms with E-state index in [-0.39, 0.29) is 42.4 Å². The minimum atomic E-state index is -0.603. The van der Waals surface area contributed by atoms with Gasteiger partial charge in [0.25, 0.3) is 0 Å². The summed E-state index contributed by atoms with van der Waals surface area (Å²) in [5.41, 5.74) is 2.77. The minimum Gasteiger partial charge on any atom is -0.456 e. The molecule has 9 nitrogen and oxygen atoms in total. The Bertz CT molecular complexity index is 1110. The first-order chi connectivity index (χ1) is 21.5. The summed E-state index contributed by atoms with van der Waals surface area (Å²) in [6.07, 6.45) is 11.6. The summed E-state index contributed by atoms with van der Waals surface area (Å²) < 4.78 is 5.95. The minimum absolute atomic E-state index is 0.0497. The monoisotopic (exact) mass is 626 g/mol. The average molecular weight is 627 g/mol. The Labute approximate surface area is 271 Å². The first kappa shape index (κ1) is 38.0. The van der Waals surface area contributed by atoms with E-state index in [0.29, 0.717) is 24.9 Å². The van der Waals surface area contributed by atoms with Gasteiger partial charge in [0.15, 0.2) is 0 Å². The van der Waals surface area contributed by atoms with Crippen LogP contribution in [0.4, 0.5) is 0 Å². The summed E-state index contributed by atoms with van der Waals surface area (Å²) in [6.45, 7) is 12.9. The third-order valence-electron chi connectivity index (χ3n) is 8.56. The van der Waals surface area contributed by atoms with Crippen LogP contribution in [0.25, 0.3) is 0 Å². The van der Waals surface area contributed by atoms with Crippen molar-refractivity contribution in [3.63, 3.8) is 0 Å². The van der Waals surface area contributed by atoms with Crippen molar-refractivity contribution in [3.05, 3.63) is 47.0 Å². The standard InChI is InChI=1S/C27H37N3O5.C6H13N.C3H8/c1-18(2)23(29(4)25(32)16-28-17-31)15-19(3)26(33)30-14-8-12-22(30)27(34)35-24-13-7-10-20-9-5-6-11-21(20)24;1-7-5-3-2-4-6-7;1-3-2/h5-6,9,11,15,17-18,22-24H,7-8,10,12-14,16H2,1-4H3,(H,28,31);2-6H2,1H3;3H2,1-2H3/b19-15+;;/t22-,23+,24?;;/m0../s1. The largest absolute Gasteiger partial charge is 0.456 e. The van der Waals surface area contributed by atoms with E-state index in [9.17, 15) is 19.2 Å². The zero-order valence-electron chi connectivity index (χ0n) is 28.8. The lowest BCUT2D eigenvalue weighted by Gasteiger charge is -2.31. The van der Waals surface area contributed by atoms with Crippen molar-refractivity contribution in [1.82, 2.24) is 20.0 Å². The van der Waals surface area contributed by atoms with Gasteiger partial charge in [0.1, 0.15) is 12.1 Å². The van der Waals surface area contributed by atoms with Crippen molar-refractivity contribution in [1.29, 1.82) is 0 Å². The molecule has 2 saturated heterocycles. The van der Waals surface area contributed by atoms with E-state index in [1.54, 1.807) is 24.9 Å². The highest BCUT2D eigenvalue weighted by Gasteiger charge is 2.38. The van der Waals surface area contributed by atoms with Gasteiger partial charge in [-0.25, -0.2) is 4.79 Å². The highest BCUT2D eigenvalue weighted by atomic mass is 16.5. The molecule has 2 heterocycles. The van der Waals surface area contributed by atoms with Crippen molar-refractivity contribution in [2.75, 3.05) is 40.3 Å². The number of likely N-dealkylation sites (N-methyl/N-ethyl adjacent to an activating group) is 1. The van der Waals surface area contributed by atoms with Crippen LogP contribution in [-0.2, 0) is 30.3 Å². The van der Waals surface area contributed by atoms with Crippen molar-refractivity contribution < 1.29 is 23.9 Å². The molecule has 1 N–H and O–H groups in total. The van der Waals surface area contributed by atoms with Crippen LogP contribution in [0.5, 0.6) is 0 Å². The van der Waals surface area contributed by atoms with Gasteiger partial charge in [-0.1, -0.05) is 70.9 Å². The number of nitrogens with zero attached hydrogens (tertiary/aromatic N) is 3. The maximum atomic E-state index is 13.4. The molecule has 1 aromatic carbocycles. The molecule has 252 valence electrons. The molecule has 1 aliphatic carbocycles. The number of fused-ring (bicyclic) bond motifs is 1. The maximum Gasteiger partial charge on any atom is 0.329 e. The van der Waals surface area contributed by atoms with Crippen molar-refractivity contribution in [2.45, 2.75) is 111 Å². The number of esters is 1. The summed E-state index contributed by atoms with van der Waals surface area (Å²) in [5, 5.41) is 2.38. The zero-order valence-corrected chi connectivity index (χ0v) is 28.8. The average Bonchev–Trinajstić information content (AvgIpc) is 3.53. The second-order valence-electron chi connectivity index (χ2n) is 12.8. The van der Waals surface area contributed by atoms with E-state index >= 15 is 0 Å². The smallest absolute Gasteiger partial charge is 0.329 e. The number of likely N-dealkylation sites (tertiary alicyclic amines) is 2. The molecule has 3 amide bonds. The van der Waals surface area contributed by atoms with Gasteiger partial charge in [0, 0.05) is 19.2 Å². The molecule has 1 unspecified atom stereocenters. The quantitative estimate of drug-likeness (QED) is 0.227. The second-order valence-corrected chi connectivity index (χ2v) is 12.8. The highest BCUT2D eigenvalue weighted by molar-refractivity contribution is 5.96. The van der Waals surface area contributed by atoms with Crippen molar-refractivity contribution in [2.24, 2.45) is 5.92 Å². The topological polar surface area (TPSA) is 99.3 Å². The van der Waals surface area contributed by atoms with E-state index in [1.807, 2.05) is 32.0 Å². The van der Waals surface area contributed by atoms with Crippen molar-refractivity contribution >= 4 is 24.2 Å². The summed E-state index contributed by atoms with van der Waals surface area (Å²) in [7, 11) is 3.85. The fraction of sp³-hybridized carbons (Fsp3) is 0.667. The van der Waals surface area contributed by atoms with Gasteiger partial charge in [0.2, 0.25) is 18.2 Å². The summed E-state index contributed by atoms with van der Waals surface area (Å²) in [4.78, 5) is 55.0. The Morgan fingerprint density at radius 1 is 1.02 bits per heavy atom. The third kappa shape index (κ3) is 11.9. The molecule has 0 spiro atoms. The van der Waals surface area contributed by atoms with Gasteiger partial charge in [-0.05, 0) is 89.1 Å². The third-order valence-corrected chi connectivity index (χ3v) is 8.56. The van der Waals surface area contributed by atoms with Crippen LogP contribution in [0, 0.1) is 5.92 Å². The fourth-order valence-corrected chi connectivity index (χ4v) is 6.08. The Kier molecular flexibility index (Phi) is 16.9. The number of carbonyl (C=O) groups is 4. The van der Waals surface area contributed by atoms with E-state index in [1.165, 1.54) is 49.2 Å². The molecule has 4 rings (SSSR count). The molecule has 0 bridgehead atoms. The van der Waals surface area contributed by atoms with E-state index < -0.39 is 6.04 Å². The molecule has 9 heteroatoms. The van der Waals surface area contributed by atoms with E-state index in [0.717, 1.165) is 31.2 Å². The van der Waals surface area contributed by atoms with Crippen molar-refractivity contribution in [3.8, 4) is 0 Å². The molecule has 0 saturated carbocycles. The number of piperidine rings is 1. The Morgan fingerprint density at radius 3 is 2.29 bits per heavy atom. The van der Waals surface area contributed by atoms with Gasteiger partial charge in [-0.15, -0.1) is 0 Å². The molecule has 45 heavy (non-hydrogen) atoms. The van der Waals surface area contributed by atoms with Crippen LogP contribution in [0.15, 0.2) is 35.9 Å².